The van der Waals surface area contributed by atoms with Crippen LogP contribution < -0.4 is 19.7 Å². The van der Waals surface area contributed by atoms with Crippen LogP contribution in [0.15, 0.2) is 48.5 Å². The average Bonchev–Trinajstić information content (AvgIpc) is 2.62. The van der Waals surface area contributed by atoms with Crippen LogP contribution in [-0.4, -0.2) is 32.7 Å². The van der Waals surface area contributed by atoms with Crippen molar-refractivity contribution >= 4 is 11.6 Å². The number of rotatable bonds is 8. The molecule has 0 fully saturated rings. The summed E-state index contributed by atoms with van der Waals surface area (Å²) in [5, 5.41) is 2.87. The number of hydrogen-bond acceptors (Lipinski definition) is 3. The highest BCUT2D eigenvalue weighted by Crippen LogP contribution is 2.29. The van der Waals surface area contributed by atoms with Crippen LogP contribution in [0.3, 0.4) is 0 Å². The molecule has 0 bridgehead atoms. The number of nitrogens with one attached hydrogen (secondary N) is 2. The number of anilines is 1. The van der Waals surface area contributed by atoms with E-state index in [4.69, 9.17) is 4.74 Å². The molecule has 0 aliphatic heterocycles. The molecule has 0 saturated carbocycles. The maximum Gasteiger partial charge on any atom is 0.387 e. The first kappa shape index (κ1) is 19.7. The molecule has 0 heterocycles. The fourth-order valence-corrected chi connectivity index (χ4v) is 2.49. The van der Waals surface area contributed by atoms with Crippen molar-refractivity contribution in [1.82, 2.24) is 0 Å². The normalized spacial score (nSPS) is 13.2. The molecule has 1 amide bonds. The van der Waals surface area contributed by atoms with Gasteiger partial charge in [0, 0.05) is 11.3 Å². The van der Waals surface area contributed by atoms with Crippen molar-refractivity contribution in [2.75, 3.05) is 19.5 Å². The highest BCUT2D eigenvalue weighted by molar-refractivity contribution is 5.93. The van der Waals surface area contributed by atoms with Crippen molar-refractivity contribution in [3.8, 4) is 11.5 Å². The van der Waals surface area contributed by atoms with Gasteiger partial charge in [0.25, 0.3) is 5.91 Å². The maximum atomic E-state index is 12.4. The molecule has 2 rings (SSSR count). The smallest absolute Gasteiger partial charge is 0.387 e. The zero-order valence-electron chi connectivity index (χ0n) is 15.0. The lowest BCUT2D eigenvalue weighted by molar-refractivity contribution is -0.907. The van der Waals surface area contributed by atoms with Gasteiger partial charge in [-0.05, 0) is 37.3 Å². The molecule has 26 heavy (non-hydrogen) atoms. The highest BCUT2D eigenvalue weighted by atomic mass is 19.3. The Balaban J connectivity index is 2.01. The van der Waals surface area contributed by atoms with Crippen molar-refractivity contribution < 1.29 is 27.9 Å². The first-order valence-electron chi connectivity index (χ1n) is 8.20. The molecule has 0 radical (unpaired) electrons. The van der Waals surface area contributed by atoms with Gasteiger partial charge in [-0.25, -0.2) is 0 Å². The molecule has 0 aliphatic carbocycles. The summed E-state index contributed by atoms with van der Waals surface area (Å²) in [5.41, 5.74) is 1.59. The minimum Gasteiger partial charge on any atom is -0.493 e. The predicted octanol–water partition coefficient (Wildman–Crippen LogP) is 2.34. The van der Waals surface area contributed by atoms with E-state index >= 15 is 0 Å². The molecule has 0 saturated heterocycles. The minimum atomic E-state index is -2.91. The summed E-state index contributed by atoms with van der Waals surface area (Å²) < 4.78 is 34.3. The van der Waals surface area contributed by atoms with Gasteiger partial charge in [0.2, 0.25) is 0 Å². The number of amides is 1. The van der Waals surface area contributed by atoms with Gasteiger partial charge in [-0.2, -0.15) is 8.78 Å². The Bertz CT molecular complexity index is 726. The Labute approximate surface area is 151 Å². The van der Waals surface area contributed by atoms with Crippen LogP contribution >= 0.6 is 0 Å². The van der Waals surface area contributed by atoms with E-state index in [1.807, 2.05) is 44.3 Å². The number of benzene rings is 2. The largest absolute Gasteiger partial charge is 0.493 e. The third kappa shape index (κ3) is 5.42. The van der Waals surface area contributed by atoms with Crippen molar-refractivity contribution in [3.63, 3.8) is 0 Å². The number of halogens is 2. The number of quaternary nitrogens is 1. The predicted molar refractivity (Wildman–Crippen MR) is 94.8 cm³/mol. The van der Waals surface area contributed by atoms with E-state index in [1.165, 1.54) is 13.2 Å². The molecule has 0 spiro atoms. The fourth-order valence-electron chi connectivity index (χ4n) is 2.49. The van der Waals surface area contributed by atoms with Gasteiger partial charge in [-0.15, -0.1) is 0 Å². The number of hydrogen-bond donors (Lipinski definition) is 2. The SMILES string of the molecule is COc1cc(C[NH+](C)[C@@H](C)C(=O)Nc2ccccc2)ccc1OC(F)F. The standard InChI is InChI=1S/C19H22F2N2O3/c1-13(18(24)22-15-7-5-4-6-8-15)23(2)12-14-9-10-16(26-19(20)21)17(11-14)25-3/h4-11,13,19H,12H2,1-3H3,(H,22,24)/p+1/t13-/m0/s1. The molecule has 0 aliphatic rings. The third-order valence-corrected chi connectivity index (χ3v) is 4.10. The van der Waals surface area contributed by atoms with E-state index in [2.05, 4.69) is 10.1 Å². The van der Waals surface area contributed by atoms with Crippen LogP contribution in [0.4, 0.5) is 14.5 Å². The molecular formula is C19H23F2N2O3+. The van der Waals surface area contributed by atoms with Gasteiger partial charge < -0.3 is 19.7 Å². The van der Waals surface area contributed by atoms with Gasteiger partial charge in [-0.1, -0.05) is 18.2 Å². The van der Waals surface area contributed by atoms with E-state index in [0.717, 1.165) is 16.2 Å². The summed E-state index contributed by atoms with van der Waals surface area (Å²) in [6.07, 6.45) is 0. The average molecular weight is 365 g/mol. The van der Waals surface area contributed by atoms with Crippen LogP contribution in [0.5, 0.6) is 11.5 Å². The zero-order valence-corrected chi connectivity index (χ0v) is 15.0. The van der Waals surface area contributed by atoms with Crippen LogP contribution in [-0.2, 0) is 11.3 Å². The summed E-state index contributed by atoms with van der Waals surface area (Å²) in [7, 11) is 3.29. The molecule has 2 N–H and O–H groups in total. The van der Waals surface area contributed by atoms with Crippen LogP contribution in [0.25, 0.3) is 0 Å². The number of carbonyl (C=O) groups excluding carboxylic acids is 1. The number of likely N-dealkylation sites (N-methyl/N-ethyl adjacent to an activating group) is 1. The molecule has 0 aromatic heterocycles. The lowest BCUT2D eigenvalue weighted by atomic mass is 10.1. The summed E-state index contributed by atoms with van der Waals surface area (Å²) in [4.78, 5) is 13.3. The lowest BCUT2D eigenvalue weighted by Crippen LogP contribution is -3.12. The summed E-state index contributed by atoms with van der Waals surface area (Å²) >= 11 is 0. The quantitative estimate of drug-likeness (QED) is 0.755. The van der Waals surface area contributed by atoms with E-state index in [9.17, 15) is 13.6 Å². The van der Waals surface area contributed by atoms with Gasteiger partial charge in [-0.3, -0.25) is 4.79 Å². The summed E-state index contributed by atoms with van der Waals surface area (Å²) in [5.74, 6) is 0.120. The van der Waals surface area contributed by atoms with Gasteiger partial charge in [0.1, 0.15) is 6.54 Å². The number of methoxy groups -OCH3 is 1. The number of carbonyl (C=O) groups is 1. The lowest BCUT2D eigenvalue weighted by Gasteiger charge is -2.21. The van der Waals surface area contributed by atoms with Gasteiger partial charge in [0.05, 0.1) is 14.2 Å². The number of ether oxygens (including phenoxy) is 2. The minimum absolute atomic E-state index is 0.0150. The number of para-hydroxylation sites is 1. The van der Waals surface area contributed by atoms with E-state index in [0.29, 0.717) is 6.54 Å². The Hall–Kier alpha value is -2.67. The van der Waals surface area contributed by atoms with Crippen LogP contribution in [0, 0.1) is 0 Å². The van der Waals surface area contributed by atoms with E-state index < -0.39 is 6.61 Å². The topological polar surface area (TPSA) is 52.0 Å². The number of alkyl halides is 2. The van der Waals surface area contributed by atoms with E-state index in [1.54, 1.807) is 12.1 Å². The summed E-state index contributed by atoms with van der Waals surface area (Å²) in [6, 6.07) is 13.7. The Morgan fingerprint density at radius 1 is 1.15 bits per heavy atom. The molecule has 1 unspecified atom stereocenters. The van der Waals surface area contributed by atoms with Gasteiger partial charge in [0.15, 0.2) is 17.5 Å². The zero-order chi connectivity index (χ0) is 19.1. The second-order valence-corrected chi connectivity index (χ2v) is 5.96. The maximum absolute atomic E-state index is 12.4. The van der Waals surface area contributed by atoms with Crippen molar-refractivity contribution in [3.05, 3.63) is 54.1 Å². The van der Waals surface area contributed by atoms with Crippen LogP contribution in [0.2, 0.25) is 0 Å². The molecule has 7 heteroatoms. The van der Waals surface area contributed by atoms with Crippen molar-refractivity contribution in [1.29, 1.82) is 0 Å². The van der Waals surface area contributed by atoms with Crippen molar-refractivity contribution in [2.45, 2.75) is 26.1 Å². The Morgan fingerprint density at radius 2 is 1.85 bits per heavy atom. The third-order valence-electron chi connectivity index (χ3n) is 4.10. The van der Waals surface area contributed by atoms with Gasteiger partial charge >= 0.3 is 6.61 Å². The first-order valence-corrected chi connectivity index (χ1v) is 8.20. The monoisotopic (exact) mass is 365 g/mol. The fraction of sp³-hybridized carbons (Fsp3) is 0.316. The Morgan fingerprint density at radius 3 is 2.46 bits per heavy atom. The first-order chi connectivity index (χ1) is 12.4. The molecule has 2 aromatic rings. The second-order valence-electron chi connectivity index (χ2n) is 5.96. The van der Waals surface area contributed by atoms with Crippen molar-refractivity contribution in [2.24, 2.45) is 0 Å². The molecule has 5 nitrogen and oxygen atoms in total. The molecular weight excluding hydrogens is 342 g/mol. The summed E-state index contributed by atoms with van der Waals surface area (Å²) in [6.45, 7) is -0.557. The molecule has 2 aromatic carbocycles. The van der Waals surface area contributed by atoms with Crippen LogP contribution in [0.1, 0.15) is 12.5 Å². The Kier molecular flexibility index (Phi) is 6.91. The molecule has 2 atom stereocenters. The second kappa shape index (κ2) is 9.15. The molecule has 140 valence electrons. The highest BCUT2D eigenvalue weighted by Gasteiger charge is 2.22. The van der Waals surface area contributed by atoms with E-state index in [-0.39, 0.29) is 23.4 Å².